The second kappa shape index (κ2) is 7.31. The zero-order valence-corrected chi connectivity index (χ0v) is 14.5. The van der Waals surface area contributed by atoms with Gasteiger partial charge in [0.2, 0.25) is 0 Å². The van der Waals surface area contributed by atoms with Gasteiger partial charge in [-0.15, -0.1) is 0 Å². The first kappa shape index (κ1) is 17.7. The molecule has 0 bridgehead atoms. The fourth-order valence-corrected chi connectivity index (χ4v) is 4.38. The van der Waals surface area contributed by atoms with Gasteiger partial charge in [-0.1, -0.05) is 12.1 Å². The smallest absolute Gasteiger partial charge is 0.251 e. The molecule has 2 rings (SSSR count). The lowest BCUT2D eigenvalue weighted by molar-refractivity contribution is -0.143. The molecule has 1 aliphatic rings. The number of amides is 1. The minimum Gasteiger partial charge on any atom is -0.497 e. The number of nitrogens with zero attached hydrogens (tertiary/aromatic N) is 1. The molecule has 128 valence electrons. The molecular formula is C16H23NO5S. The molecule has 1 aliphatic heterocycles. The first-order valence-corrected chi connectivity index (χ1v) is 9.36. The Morgan fingerprint density at radius 3 is 2.78 bits per heavy atom. The van der Waals surface area contributed by atoms with E-state index in [2.05, 4.69) is 0 Å². The quantitative estimate of drug-likeness (QED) is 0.778. The summed E-state index contributed by atoms with van der Waals surface area (Å²) >= 11 is 0. The molecule has 2 atom stereocenters. The molecule has 0 spiro atoms. The fraction of sp³-hybridized carbons (Fsp3) is 0.562. The largest absolute Gasteiger partial charge is 0.497 e. The van der Waals surface area contributed by atoms with Crippen LogP contribution in [0.4, 0.5) is 0 Å². The maximum absolute atomic E-state index is 12.4. The summed E-state index contributed by atoms with van der Waals surface area (Å²) in [4.78, 5) is 13.9. The molecule has 6 nitrogen and oxygen atoms in total. The van der Waals surface area contributed by atoms with Gasteiger partial charge in [0.05, 0.1) is 25.2 Å². The third-order valence-corrected chi connectivity index (χ3v) is 5.84. The van der Waals surface area contributed by atoms with Crippen molar-refractivity contribution in [3.8, 4) is 5.75 Å². The minimum atomic E-state index is -3.01. The summed E-state index contributed by atoms with van der Waals surface area (Å²) in [5.41, 5.74) is 0.912. The number of carbonyl (C=O) groups excluding carboxylic acids is 1. The molecule has 1 aromatic rings. The molecule has 0 aromatic heterocycles. The topological polar surface area (TPSA) is 72.9 Å². The second-order valence-corrected chi connectivity index (χ2v) is 8.04. The lowest BCUT2D eigenvalue weighted by atomic mass is 10.2. The van der Waals surface area contributed by atoms with E-state index in [1.807, 2.05) is 24.3 Å². The molecular weight excluding hydrogens is 318 g/mol. The summed E-state index contributed by atoms with van der Waals surface area (Å²) in [6.07, 6.45) is -0.137. The Morgan fingerprint density at radius 1 is 1.43 bits per heavy atom. The van der Waals surface area contributed by atoms with Crippen LogP contribution in [0.5, 0.6) is 5.75 Å². The molecule has 23 heavy (non-hydrogen) atoms. The van der Waals surface area contributed by atoms with Gasteiger partial charge in [0, 0.05) is 13.1 Å². The molecule has 0 N–H and O–H groups in total. The predicted octanol–water partition coefficient (Wildman–Crippen LogP) is 1.25. The van der Waals surface area contributed by atoms with Gasteiger partial charge < -0.3 is 14.4 Å². The normalized spacial score (nSPS) is 20.9. The minimum absolute atomic E-state index is 0.0395. The van der Waals surface area contributed by atoms with Gasteiger partial charge in [-0.25, -0.2) is 8.42 Å². The van der Waals surface area contributed by atoms with E-state index < -0.39 is 15.9 Å². The number of hydrogen-bond acceptors (Lipinski definition) is 5. The Labute approximate surface area is 137 Å². The number of sulfone groups is 1. The standard InChI is InChI=1S/C16H23NO5S/c1-12(22-10-13-5-4-6-15(9-13)21-3)16(18)17(2)14-7-8-23(19,20)11-14/h4-6,9,12,14H,7-8,10-11H2,1-3H3/t12-,14-/m0/s1. The van der Waals surface area contributed by atoms with Gasteiger partial charge in [-0.05, 0) is 31.0 Å². The average molecular weight is 341 g/mol. The van der Waals surface area contributed by atoms with Crippen molar-refractivity contribution in [2.45, 2.75) is 32.1 Å². The zero-order valence-electron chi connectivity index (χ0n) is 13.7. The fourth-order valence-electron chi connectivity index (χ4n) is 2.60. The molecule has 0 radical (unpaired) electrons. The van der Waals surface area contributed by atoms with Gasteiger partial charge in [0.1, 0.15) is 11.9 Å². The maximum atomic E-state index is 12.4. The zero-order chi connectivity index (χ0) is 17.0. The van der Waals surface area contributed by atoms with Crippen LogP contribution in [0.3, 0.4) is 0 Å². The number of methoxy groups -OCH3 is 1. The number of hydrogen-bond donors (Lipinski definition) is 0. The summed E-state index contributed by atoms with van der Waals surface area (Å²) in [5, 5.41) is 0. The predicted molar refractivity (Wildman–Crippen MR) is 87.1 cm³/mol. The highest BCUT2D eigenvalue weighted by Gasteiger charge is 2.34. The summed E-state index contributed by atoms with van der Waals surface area (Å²) in [6, 6.07) is 7.19. The average Bonchev–Trinajstić information content (AvgIpc) is 2.91. The van der Waals surface area contributed by atoms with E-state index in [0.717, 1.165) is 11.3 Å². The van der Waals surface area contributed by atoms with Crippen LogP contribution in [0.2, 0.25) is 0 Å². The van der Waals surface area contributed by atoms with E-state index in [1.165, 1.54) is 4.90 Å². The van der Waals surface area contributed by atoms with Crippen LogP contribution < -0.4 is 4.74 Å². The molecule has 1 fully saturated rings. The number of ether oxygens (including phenoxy) is 2. The lowest BCUT2D eigenvalue weighted by Crippen LogP contribution is -2.43. The summed E-state index contributed by atoms with van der Waals surface area (Å²) < 4.78 is 33.8. The van der Waals surface area contributed by atoms with Crippen molar-refractivity contribution in [3.05, 3.63) is 29.8 Å². The van der Waals surface area contributed by atoms with Gasteiger partial charge in [0.15, 0.2) is 9.84 Å². The highest BCUT2D eigenvalue weighted by Crippen LogP contribution is 2.18. The van der Waals surface area contributed by atoms with Crippen LogP contribution >= 0.6 is 0 Å². The highest BCUT2D eigenvalue weighted by molar-refractivity contribution is 7.91. The first-order chi connectivity index (χ1) is 10.8. The molecule has 1 amide bonds. The molecule has 1 saturated heterocycles. The number of likely N-dealkylation sites (N-methyl/N-ethyl adjacent to an activating group) is 1. The number of carbonyl (C=O) groups is 1. The van der Waals surface area contributed by atoms with E-state index in [4.69, 9.17) is 9.47 Å². The van der Waals surface area contributed by atoms with Crippen molar-refractivity contribution in [3.63, 3.8) is 0 Å². The van der Waals surface area contributed by atoms with E-state index in [0.29, 0.717) is 13.0 Å². The van der Waals surface area contributed by atoms with Crippen LogP contribution in [-0.4, -0.2) is 57.0 Å². The Morgan fingerprint density at radius 2 is 2.17 bits per heavy atom. The Kier molecular flexibility index (Phi) is 5.64. The van der Waals surface area contributed by atoms with Gasteiger partial charge in [0.25, 0.3) is 5.91 Å². The van der Waals surface area contributed by atoms with E-state index in [1.54, 1.807) is 21.1 Å². The van der Waals surface area contributed by atoms with Crippen LogP contribution in [0.15, 0.2) is 24.3 Å². The van der Waals surface area contributed by atoms with Crippen molar-refractivity contribution >= 4 is 15.7 Å². The Balaban J connectivity index is 1.89. The SMILES string of the molecule is COc1cccc(CO[C@@H](C)C(=O)N(C)[C@H]2CCS(=O)(=O)C2)c1. The van der Waals surface area contributed by atoms with Crippen molar-refractivity contribution in [1.29, 1.82) is 0 Å². The van der Waals surface area contributed by atoms with Crippen molar-refractivity contribution < 1.29 is 22.7 Å². The molecule has 0 unspecified atom stereocenters. The molecule has 0 aliphatic carbocycles. The molecule has 0 saturated carbocycles. The summed E-state index contributed by atoms with van der Waals surface area (Å²) in [5.74, 6) is 0.722. The summed E-state index contributed by atoms with van der Waals surface area (Å²) in [7, 11) is 0.221. The first-order valence-electron chi connectivity index (χ1n) is 7.54. The highest BCUT2D eigenvalue weighted by atomic mass is 32.2. The Bertz CT molecular complexity index is 658. The third-order valence-electron chi connectivity index (χ3n) is 4.09. The van der Waals surface area contributed by atoms with Crippen LogP contribution in [0.1, 0.15) is 18.9 Å². The lowest BCUT2D eigenvalue weighted by Gasteiger charge is -2.26. The van der Waals surface area contributed by atoms with Crippen molar-refractivity contribution in [2.24, 2.45) is 0 Å². The van der Waals surface area contributed by atoms with Gasteiger partial charge in [-0.2, -0.15) is 0 Å². The number of rotatable bonds is 6. The van der Waals surface area contributed by atoms with E-state index in [-0.39, 0.29) is 23.5 Å². The van der Waals surface area contributed by atoms with Crippen LogP contribution in [-0.2, 0) is 26.0 Å². The van der Waals surface area contributed by atoms with Crippen molar-refractivity contribution in [1.82, 2.24) is 4.90 Å². The van der Waals surface area contributed by atoms with Gasteiger partial charge >= 0.3 is 0 Å². The second-order valence-electron chi connectivity index (χ2n) is 5.81. The molecule has 1 heterocycles. The molecule has 7 heteroatoms. The maximum Gasteiger partial charge on any atom is 0.251 e. The summed E-state index contributed by atoms with van der Waals surface area (Å²) in [6.45, 7) is 1.98. The Hall–Kier alpha value is -1.60. The third kappa shape index (κ3) is 4.68. The van der Waals surface area contributed by atoms with E-state index in [9.17, 15) is 13.2 Å². The van der Waals surface area contributed by atoms with Gasteiger partial charge in [-0.3, -0.25) is 4.79 Å². The van der Waals surface area contributed by atoms with Crippen molar-refractivity contribution in [2.75, 3.05) is 25.7 Å². The number of benzene rings is 1. The van der Waals surface area contributed by atoms with Crippen LogP contribution in [0, 0.1) is 0 Å². The molecule has 1 aromatic carbocycles. The monoisotopic (exact) mass is 341 g/mol. The van der Waals surface area contributed by atoms with Crippen LogP contribution in [0.25, 0.3) is 0 Å². The van der Waals surface area contributed by atoms with E-state index >= 15 is 0 Å².